The predicted octanol–water partition coefficient (Wildman–Crippen LogP) is 3.09. The molecule has 24 heavy (non-hydrogen) atoms. The van der Waals surface area contributed by atoms with Crippen LogP contribution in [0.3, 0.4) is 0 Å². The maximum atomic E-state index is 12.0. The van der Waals surface area contributed by atoms with Crippen molar-refractivity contribution in [1.82, 2.24) is 9.88 Å². The van der Waals surface area contributed by atoms with Crippen LogP contribution in [0.5, 0.6) is 0 Å². The lowest BCUT2D eigenvalue weighted by Gasteiger charge is -2.19. The van der Waals surface area contributed by atoms with Gasteiger partial charge in [-0.2, -0.15) is 0 Å². The summed E-state index contributed by atoms with van der Waals surface area (Å²) in [6.45, 7) is 7.41. The average molecular weight is 322 g/mol. The summed E-state index contributed by atoms with van der Waals surface area (Å²) in [6, 6.07) is 12.3. The number of nitrogens with zero attached hydrogens (tertiary/aromatic N) is 2. The van der Waals surface area contributed by atoms with Crippen LogP contribution in [-0.4, -0.2) is 35.0 Å². The minimum atomic E-state index is -0.0504. The molecule has 4 nitrogen and oxygen atoms in total. The van der Waals surface area contributed by atoms with Gasteiger partial charge in [-0.3, -0.25) is 9.78 Å². The molecule has 1 aromatic heterocycles. The molecule has 1 fully saturated rings. The number of aromatic nitrogens is 1. The van der Waals surface area contributed by atoms with Crippen molar-refractivity contribution in [1.29, 1.82) is 0 Å². The van der Waals surface area contributed by atoms with E-state index in [1.54, 1.807) is 11.1 Å². The molecule has 1 saturated heterocycles. The summed E-state index contributed by atoms with van der Waals surface area (Å²) < 4.78 is 6.18. The Morgan fingerprint density at radius 3 is 2.96 bits per heavy atom. The van der Waals surface area contributed by atoms with Crippen molar-refractivity contribution in [2.45, 2.75) is 25.6 Å². The number of amides is 1. The van der Waals surface area contributed by atoms with Crippen molar-refractivity contribution in [2.75, 3.05) is 13.1 Å². The largest absolute Gasteiger partial charge is 0.371 e. The topological polar surface area (TPSA) is 42.4 Å². The lowest BCUT2D eigenvalue weighted by molar-refractivity contribution is -0.125. The molecule has 2 aromatic rings. The molecule has 3 rings (SSSR count). The standard InChI is InChI=1S/C20H22N2O2/c1-3-20(23)22-12-18(17-8-5-9-21-11-17)19(13-22)24-14-16-7-4-6-15(2)10-16/h3-11,18-19H,1,12-14H2,2H3/t18-,19+/m0/s1. The second-order valence-corrected chi connectivity index (χ2v) is 6.18. The molecule has 4 heteroatoms. The number of likely N-dealkylation sites (tertiary alicyclic amines) is 1. The molecule has 124 valence electrons. The first kappa shape index (κ1) is 16.4. The van der Waals surface area contributed by atoms with Crippen LogP contribution in [0.25, 0.3) is 0 Å². The Kier molecular flexibility index (Phi) is 5.06. The van der Waals surface area contributed by atoms with Gasteiger partial charge in [0.15, 0.2) is 0 Å². The van der Waals surface area contributed by atoms with E-state index in [4.69, 9.17) is 4.74 Å². The fourth-order valence-electron chi connectivity index (χ4n) is 3.17. The first-order valence-corrected chi connectivity index (χ1v) is 8.16. The maximum absolute atomic E-state index is 12.0. The molecule has 0 saturated carbocycles. The SMILES string of the molecule is C=CC(=O)N1C[C@@H](OCc2cccc(C)c2)[C@H](c2cccnc2)C1. The Bertz CT molecular complexity index is 715. The summed E-state index contributed by atoms with van der Waals surface area (Å²) in [5.74, 6) is 0.0814. The van der Waals surface area contributed by atoms with E-state index in [-0.39, 0.29) is 17.9 Å². The molecule has 1 aromatic carbocycles. The summed E-state index contributed by atoms with van der Waals surface area (Å²) in [5.41, 5.74) is 3.47. The Labute approximate surface area is 142 Å². The van der Waals surface area contributed by atoms with Crippen LogP contribution in [0.4, 0.5) is 0 Å². The van der Waals surface area contributed by atoms with Gasteiger partial charge in [0.2, 0.25) is 5.91 Å². The van der Waals surface area contributed by atoms with Crippen molar-refractivity contribution in [2.24, 2.45) is 0 Å². The smallest absolute Gasteiger partial charge is 0.246 e. The molecule has 0 radical (unpaired) electrons. The van der Waals surface area contributed by atoms with Gasteiger partial charge < -0.3 is 9.64 Å². The highest BCUT2D eigenvalue weighted by atomic mass is 16.5. The van der Waals surface area contributed by atoms with Gasteiger partial charge in [-0.15, -0.1) is 0 Å². The fourth-order valence-corrected chi connectivity index (χ4v) is 3.17. The van der Waals surface area contributed by atoms with Crippen molar-refractivity contribution < 1.29 is 9.53 Å². The quantitative estimate of drug-likeness (QED) is 0.795. The Hall–Kier alpha value is -2.46. The van der Waals surface area contributed by atoms with Crippen LogP contribution >= 0.6 is 0 Å². The highest BCUT2D eigenvalue weighted by molar-refractivity contribution is 5.87. The van der Waals surface area contributed by atoms with E-state index in [0.29, 0.717) is 19.7 Å². The molecular weight excluding hydrogens is 300 g/mol. The summed E-state index contributed by atoms with van der Waals surface area (Å²) in [6.07, 6.45) is 4.94. The van der Waals surface area contributed by atoms with Gasteiger partial charge in [-0.25, -0.2) is 0 Å². The number of rotatable bonds is 5. The van der Waals surface area contributed by atoms with Crippen LogP contribution in [0.1, 0.15) is 22.6 Å². The van der Waals surface area contributed by atoms with Crippen molar-refractivity contribution in [3.8, 4) is 0 Å². The number of carbonyl (C=O) groups is 1. The van der Waals surface area contributed by atoms with E-state index in [9.17, 15) is 4.79 Å². The third kappa shape index (κ3) is 3.71. The minimum Gasteiger partial charge on any atom is -0.371 e. The number of carbonyl (C=O) groups excluding carboxylic acids is 1. The van der Waals surface area contributed by atoms with Crippen LogP contribution in [0.2, 0.25) is 0 Å². The van der Waals surface area contributed by atoms with Crippen LogP contribution in [0.15, 0.2) is 61.4 Å². The number of aryl methyl sites for hydroxylation is 1. The van der Waals surface area contributed by atoms with Gasteiger partial charge in [0.25, 0.3) is 0 Å². The van der Waals surface area contributed by atoms with Crippen molar-refractivity contribution >= 4 is 5.91 Å². The number of hydrogen-bond acceptors (Lipinski definition) is 3. The maximum Gasteiger partial charge on any atom is 0.246 e. The second kappa shape index (κ2) is 7.41. The van der Waals surface area contributed by atoms with Crippen LogP contribution < -0.4 is 0 Å². The van der Waals surface area contributed by atoms with Crippen LogP contribution in [-0.2, 0) is 16.1 Å². The van der Waals surface area contributed by atoms with Gasteiger partial charge in [0, 0.05) is 31.4 Å². The second-order valence-electron chi connectivity index (χ2n) is 6.18. The highest BCUT2D eigenvalue weighted by Gasteiger charge is 2.36. The van der Waals surface area contributed by atoms with Crippen molar-refractivity contribution in [3.63, 3.8) is 0 Å². The first-order chi connectivity index (χ1) is 11.7. The molecule has 0 spiro atoms. The molecule has 1 aliphatic rings. The van der Waals surface area contributed by atoms with Gasteiger partial charge in [-0.1, -0.05) is 42.5 Å². The fraction of sp³-hybridized carbons (Fsp3) is 0.300. The Morgan fingerprint density at radius 1 is 1.38 bits per heavy atom. The molecule has 0 unspecified atom stereocenters. The van der Waals surface area contributed by atoms with Crippen LogP contribution in [0, 0.1) is 6.92 Å². The predicted molar refractivity (Wildman–Crippen MR) is 93.5 cm³/mol. The number of benzene rings is 1. The highest BCUT2D eigenvalue weighted by Crippen LogP contribution is 2.30. The first-order valence-electron chi connectivity index (χ1n) is 8.16. The van der Waals surface area contributed by atoms with Gasteiger partial charge in [-0.05, 0) is 30.2 Å². The molecule has 0 bridgehead atoms. The molecular formula is C20H22N2O2. The van der Waals surface area contributed by atoms with Gasteiger partial charge in [0.1, 0.15) is 0 Å². The number of ether oxygens (including phenoxy) is 1. The summed E-state index contributed by atoms with van der Waals surface area (Å²) in [5, 5.41) is 0. The van der Waals surface area contributed by atoms with E-state index in [1.807, 2.05) is 24.4 Å². The zero-order chi connectivity index (χ0) is 16.9. The normalized spacial score (nSPS) is 20.1. The lowest BCUT2D eigenvalue weighted by Crippen LogP contribution is -2.28. The van der Waals surface area contributed by atoms with E-state index in [2.05, 4.69) is 36.7 Å². The molecule has 1 amide bonds. The van der Waals surface area contributed by atoms with E-state index >= 15 is 0 Å². The van der Waals surface area contributed by atoms with E-state index in [1.165, 1.54) is 11.6 Å². The Morgan fingerprint density at radius 2 is 2.25 bits per heavy atom. The molecule has 1 aliphatic heterocycles. The monoisotopic (exact) mass is 322 g/mol. The zero-order valence-electron chi connectivity index (χ0n) is 13.9. The summed E-state index contributed by atoms with van der Waals surface area (Å²) in [4.78, 5) is 18.0. The Balaban J connectivity index is 1.74. The lowest BCUT2D eigenvalue weighted by atomic mass is 9.98. The zero-order valence-corrected chi connectivity index (χ0v) is 13.9. The molecule has 0 aliphatic carbocycles. The summed E-state index contributed by atoms with van der Waals surface area (Å²) >= 11 is 0. The minimum absolute atomic E-state index is 0.0430. The van der Waals surface area contributed by atoms with E-state index in [0.717, 1.165) is 11.1 Å². The third-order valence-corrected chi connectivity index (χ3v) is 4.41. The van der Waals surface area contributed by atoms with Gasteiger partial charge >= 0.3 is 0 Å². The molecule has 2 heterocycles. The number of pyridine rings is 1. The van der Waals surface area contributed by atoms with E-state index < -0.39 is 0 Å². The van der Waals surface area contributed by atoms with Gasteiger partial charge in [0.05, 0.1) is 12.7 Å². The summed E-state index contributed by atoms with van der Waals surface area (Å²) in [7, 11) is 0. The molecule has 0 N–H and O–H groups in total. The van der Waals surface area contributed by atoms with Crippen molar-refractivity contribution in [3.05, 3.63) is 78.1 Å². The average Bonchev–Trinajstić information content (AvgIpc) is 3.04. The number of hydrogen-bond donors (Lipinski definition) is 0. The molecule has 2 atom stereocenters. The third-order valence-electron chi connectivity index (χ3n) is 4.41.